The number of rotatable bonds is 10. The van der Waals surface area contributed by atoms with Gasteiger partial charge in [-0.3, -0.25) is 4.79 Å². The molecular formula is C15H29NO11. The number of ether oxygens (including phenoxy) is 2. The minimum absolute atomic E-state index is 0.251. The van der Waals surface area contributed by atoms with Gasteiger partial charge in [0.1, 0.15) is 42.7 Å². The first-order valence-electron chi connectivity index (χ1n) is 8.57. The van der Waals surface area contributed by atoms with Gasteiger partial charge >= 0.3 is 0 Å². The van der Waals surface area contributed by atoms with Gasteiger partial charge < -0.3 is 55.6 Å². The molecule has 1 aliphatic rings. The third-order valence-electron chi connectivity index (χ3n) is 4.17. The molecule has 1 amide bonds. The molecule has 0 spiro atoms. The molecular weight excluding hydrogens is 370 g/mol. The van der Waals surface area contributed by atoms with E-state index in [1.807, 2.05) is 0 Å². The Hall–Kier alpha value is -0.930. The fourth-order valence-electron chi connectivity index (χ4n) is 2.42. The summed E-state index contributed by atoms with van der Waals surface area (Å²) in [7, 11) is 0. The van der Waals surface area contributed by atoms with Crippen molar-refractivity contribution in [3.05, 3.63) is 0 Å². The summed E-state index contributed by atoms with van der Waals surface area (Å²) in [6, 6.07) is 0. The molecule has 9 atom stereocenters. The van der Waals surface area contributed by atoms with Crippen LogP contribution in [-0.2, 0) is 14.3 Å². The van der Waals surface area contributed by atoms with Crippen molar-refractivity contribution in [2.24, 2.45) is 0 Å². The fourth-order valence-corrected chi connectivity index (χ4v) is 2.42. The lowest BCUT2D eigenvalue weighted by atomic mass is 9.99. The molecule has 0 saturated carbocycles. The van der Waals surface area contributed by atoms with Crippen molar-refractivity contribution in [3.8, 4) is 0 Å². The number of amides is 1. The van der Waals surface area contributed by atoms with E-state index in [2.05, 4.69) is 5.32 Å². The van der Waals surface area contributed by atoms with E-state index in [1.165, 1.54) is 0 Å². The molecule has 27 heavy (non-hydrogen) atoms. The van der Waals surface area contributed by atoms with Crippen molar-refractivity contribution in [1.29, 1.82) is 0 Å². The van der Waals surface area contributed by atoms with E-state index >= 15 is 0 Å². The number of aliphatic hydroxyl groups excluding tert-OH is 8. The number of hydrogen-bond acceptors (Lipinski definition) is 11. The summed E-state index contributed by atoms with van der Waals surface area (Å²) in [5.41, 5.74) is 0. The van der Waals surface area contributed by atoms with Crippen LogP contribution >= 0.6 is 0 Å². The van der Waals surface area contributed by atoms with Gasteiger partial charge in [0.25, 0.3) is 5.91 Å². The Morgan fingerprint density at radius 2 is 1.70 bits per heavy atom. The molecule has 12 nitrogen and oxygen atoms in total. The Bertz CT molecular complexity index is 451. The predicted octanol–water partition coefficient (Wildman–Crippen LogP) is -5.23. The average molecular weight is 399 g/mol. The highest BCUT2D eigenvalue weighted by atomic mass is 16.7. The van der Waals surface area contributed by atoms with Gasteiger partial charge in [0, 0.05) is 6.54 Å². The van der Waals surface area contributed by atoms with Crippen LogP contribution in [0, 0.1) is 0 Å². The summed E-state index contributed by atoms with van der Waals surface area (Å²) in [6.07, 6.45) is -14.9. The summed E-state index contributed by atoms with van der Waals surface area (Å²) in [5.74, 6) is -0.926. The molecule has 0 bridgehead atoms. The molecule has 12 heteroatoms. The maximum absolute atomic E-state index is 11.6. The minimum Gasteiger partial charge on any atom is -0.394 e. The zero-order valence-corrected chi connectivity index (χ0v) is 14.8. The van der Waals surface area contributed by atoms with Gasteiger partial charge in [-0.05, 0) is 6.42 Å². The highest BCUT2D eigenvalue weighted by Gasteiger charge is 2.44. The quantitative estimate of drug-likeness (QED) is 0.169. The molecule has 1 saturated heterocycles. The Balaban J connectivity index is 2.57. The first kappa shape index (κ1) is 24.1. The second-order valence-electron chi connectivity index (χ2n) is 6.32. The van der Waals surface area contributed by atoms with Crippen LogP contribution in [0.5, 0.6) is 0 Å². The van der Waals surface area contributed by atoms with Crippen molar-refractivity contribution in [2.45, 2.75) is 68.5 Å². The molecule has 9 N–H and O–H groups in total. The lowest BCUT2D eigenvalue weighted by Crippen LogP contribution is -2.59. The molecule has 0 aromatic rings. The standard InChI is InChI=1S/C15H29NO11/c1-2-3-16-14(25)12(23)10(21)8(19)6(18)5-26-15-13(24)11(22)9(20)7(4-17)27-15/h6-13,15,17-24H,2-5H2,1H3,(H,16,25)/t6-,7-,8-,9-,10+,11+,12-,13-,15-/m1/s1. The van der Waals surface area contributed by atoms with Gasteiger partial charge in [0.15, 0.2) is 12.4 Å². The first-order chi connectivity index (χ1) is 12.6. The van der Waals surface area contributed by atoms with Crippen LogP contribution in [0.25, 0.3) is 0 Å². The molecule has 1 heterocycles. The predicted molar refractivity (Wildman–Crippen MR) is 87.0 cm³/mol. The van der Waals surface area contributed by atoms with Crippen molar-refractivity contribution >= 4 is 5.91 Å². The fraction of sp³-hybridized carbons (Fsp3) is 0.933. The highest BCUT2D eigenvalue weighted by Crippen LogP contribution is 2.22. The van der Waals surface area contributed by atoms with E-state index < -0.39 is 74.2 Å². The first-order valence-corrected chi connectivity index (χ1v) is 8.57. The van der Waals surface area contributed by atoms with Crippen LogP contribution in [0.2, 0.25) is 0 Å². The Labute approximate surface area is 155 Å². The Morgan fingerprint density at radius 3 is 2.26 bits per heavy atom. The average Bonchev–Trinajstić information content (AvgIpc) is 2.67. The largest absolute Gasteiger partial charge is 0.394 e. The van der Waals surface area contributed by atoms with Gasteiger partial charge in [-0.15, -0.1) is 0 Å². The van der Waals surface area contributed by atoms with Crippen LogP contribution in [0.1, 0.15) is 13.3 Å². The minimum atomic E-state index is -2.02. The maximum Gasteiger partial charge on any atom is 0.251 e. The second kappa shape index (κ2) is 11.2. The topological polar surface area (TPSA) is 209 Å². The van der Waals surface area contributed by atoms with E-state index in [9.17, 15) is 40.5 Å². The SMILES string of the molecule is CCCNC(=O)[C@H](O)[C@@H](O)[C@H](O)[C@H](O)CO[C@@H]1O[C@H](CO)[C@@H](O)[C@H](O)[C@H]1O. The van der Waals surface area contributed by atoms with E-state index in [1.54, 1.807) is 6.92 Å². The third kappa shape index (κ3) is 6.29. The zero-order chi connectivity index (χ0) is 20.7. The summed E-state index contributed by atoms with van der Waals surface area (Å²) in [4.78, 5) is 11.6. The molecule has 1 aliphatic heterocycles. The van der Waals surface area contributed by atoms with E-state index in [4.69, 9.17) is 14.6 Å². The van der Waals surface area contributed by atoms with E-state index in [0.29, 0.717) is 6.42 Å². The Morgan fingerprint density at radius 1 is 1.07 bits per heavy atom. The van der Waals surface area contributed by atoms with E-state index in [-0.39, 0.29) is 6.54 Å². The van der Waals surface area contributed by atoms with Gasteiger partial charge in [-0.1, -0.05) is 6.92 Å². The monoisotopic (exact) mass is 399 g/mol. The number of nitrogens with one attached hydrogen (secondary N) is 1. The normalized spacial score (nSPS) is 33.1. The summed E-state index contributed by atoms with van der Waals surface area (Å²) < 4.78 is 10.1. The highest BCUT2D eigenvalue weighted by molar-refractivity contribution is 5.81. The lowest BCUT2D eigenvalue weighted by Gasteiger charge is -2.40. The van der Waals surface area contributed by atoms with Crippen molar-refractivity contribution in [1.82, 2.24) is 5.32 Å². The van der Waals surface area contributed by atoms with E-state index in [0.717, 1.165) is 0 Å². The van der Waals surface area contributed by atoms with Crippen molar-refractivity contribution in [3.63, 3.8) is 0 Å². The van der Waals surface area contributed by atoms with Crippen LogP contribution < -0.4 is 5.32 Å². The molecule has 0 aromatic heterocycles. The number of carbonyl (C=O) groups is 1. The van der Waals surface area contributed by atoms with Crippen molar-refractivity contribution < 1.29 is 55.1 Å². The van der Waals surface area contributed by atoms with Gasteiger partial charge in [-0.25, -0.2) is 0 Å². The summed E-state index contributed by atoms with van der Waals surface area (Å²) in [6.45, 7) is 0.636. The molecule has 1 fully saturated rings. The van der Waals surface area contributed by atoms with Crippen molar-refractivity contribution in [2.75, 3.05) is 19.8 Å². The van der Waals surface area contributed by atoms with Gasteiger partial charge in [-0.2, -0.15) is 0 Å². The number of carbonyl (C=O) groups excluding carboxylic acids is 1. The molecule has 160 valence electrons. The maximum atomic E-state index is 11.6. The summed E-state index contributed by atoms with van der Waals surface area (Å²) in [5, 5.41) is 79.7. The van der Waals surface area contributed by atoms with Crippen LogP contribution in [0.4, 0.5) is 0 Å². The van der Waals surface area contributed by atoms with Gasteiger partial charge in [0.05, 0.1) is 13.2 Å². The molecule has 0 unspecified atom stereocenters. The van der Waals surface area contributed by atoms with Crippen LogP contribution in [0.15, 0.2) is 0 Å². The Kier molecular flexibility index (Phi) is 9.97. The molecule has 0 aliphatic carbocycles. The number of aliphatic hydroxyl groups is 8. The van der Waals surface area contributed by atoms with Gasteiger partial charge in [0.2, 0.25) is 0 Å². The molecule has 0 radical (unpaired) electrons. The van der Waals surface area contributed by atoms with Crippen LogP contribution in [0.3, 0.4) is 0 Å². The second-order valence-corrected chi connectivity index (χ2v) is 6.32. The number of hydrogen-bond donors (Lipinski definition) is 9. The molecule has 0 aromatic carbocycles. The van der Waals surface area contributed by atoms with Crippen LogP contribution in [-0.4, -0.2) is 122 Å². The molecule has 1 rings (SSSR count). The lowest BCUT2D eigenvalue weighted by molar-refractivity contribution is -0.306. The zero-order valence-electron chi connectivity index (χ0n) is 14.8. The third-order valence-corrected chi connectivity index (χ3v) is 4.17. The smallest absolute Gasteiger partial charge is 0.251 e. The summed E-state index contributed by atoms with van der Waals surface area (Å²) >= 11 is 0.